The number of hydrogen-bond acceptors (Lipinski definition) is 2. The van der Waals surface area contributed by atoms with Crippen molar-refractivity contribution in [1.82, 2.24) is 9.88 Å². The second-order valence-electron chi connectivity index (χ2n) is 6.73. The number of aliphatic hydroxyl groups excluding tert-OH is 1. The third-order valence-corrected chi connectivity index (χ3v) is 4.70. The number of nitrogens with zero attached hydrogens (tertiary/aromatic N) is 1. The van der Waals surface area contributed by atoms with Gasteiger partial charge in [0.25, 0.3) is 0 Å². The van der Waals surface area contributed by atoms with Gasteiger partial charge in [0, 0.05) is 42.7 Å². The number of fused-ring (bicyclic) bond motifs is 1. The van der Waals surface area contributed by atoms with Gasteiger partial charge in [-0.05, 0) is 30.2 Å². The second kappa shape index (κ2) is 8.06. The van der Waals surface area contributed by atoms with Crippen molar-refractivity contribution in [3.05, 3.63) is 71.4 Å². The SMILES string of the molecule is Cn1cc(C(O)CNC(=O)CCc2ccc(C(F)(F)F)cc2)c2ccccc21. The first kappa shape index (κ1) is 19.9. The van der Waals surface area contributed by atoms with E-state index in [2.05, 4.69) is 5.32 Å². The summed E-state index contributed by atoms with van der Waals surface area (Å²) in [4.78, 5) is 12.0. The predicted octanol–water partition coefficient (Wildman–Crippen LogP) is 3.98. The highest BCUT2D eigenvalue weighted by Gasteiger charge is 2.29. The lowest BCUT2D eigenvalue weighted by Crippen LogP contribution is -2.28. The average Bonchev–Trinajstić information content (AvgIpc) is 3.01. The van der Waals surface area contributed by atoms with Crippen molar-refractivity contribution in [2.24, 2.45) is 7.05 Å². The fourth-order valence-corrected chi connectivity index (χ4v) is 3.17. The van der Waals surface area contributed by atoms with Crippen LogP contribution in [0.25, 0.3) is 10.9 Å². The third-order valence-electron chi connectivity index (χ3n) is 4.70. The summed E-state index contributed by atoms with van der Waals surface area (Å²) >= 11 is 0. The van der Waals surface area contributed by atoms with E-state index in [1.54, 1.807) is 0 Å². The monoisotopic (exact) mass is 390 g/mol. The molecule has 0 aliphatic rings. The standard InChI is InChI=1S/C21H21F3N2O2/c1-26-13-17(16-4-2-3-5-18(16)26)19(27)12-25-20(28)11-8-14-6-9-15(10-7-14)21(22,23)24/h2-7,9-10,13,19,27H,8,11-12H2,1H3,(H,25,28). The molecule has 0 saturated carbocycles. The lowest BCUT2D eigenvalue weighted by molar-refractivity contribution is -0.137. The predicted molar refractivity (Wildman–Crippen MR) is 101 cm³/mol. The van der Waals surface area contributed by atoms with E-state index in [1.807, 2.05) is 42.1 Å². The van der Waals surface area contributed by atoms with Gasteiger partial charge in [-0.1, -0.05) is 30.3 Å². The summed E-state index contributed by atoms with van der Waals surface area (Å²) < 4.78 is 39.6. The van der Waals surface area contributed by atoms with Crippen molar-refractivity contribution in [1.29, 1.82) is 0 Å². The van der Waals surface area contributed by atoms with Crippen LogP contribution in [-0.4, -0.2) is 22.1 Å². The summed E-state index contributed by atoms with van der Waals surface area (Å²) in [5, 5.41) is 14.0. The van der Waals surface area contributed by atoms with Gasteiger partial charge in [-0.15, -0.1) is 0 Å². The zero-order valence-corrected chi connectivity index (χ0v) is 15.3. The number of aliphatic hydroxyl groups is 1. The normalized spacial score (nSPS) is 12.9. The first-order chi connectivity index (χ1) is 13.3. The maximum Gasteiger partial charge on any atom is 0.416 e. The van der Waals surface area contributed by atoms with Gasteiger partial charge in [-0.3, -0.25) is 4.79 Å². The van der Waals surface area contributed by atoms with Crippen LogP contribution in [0, 0.1) is 0 Å². The molecule has 0 saturated heterocycles. The van der Waals surface area contributed by atoms with Crippen LogP contribution in [0.3, 0.4) is 0 Å². The van der Waals surface area contributed by atoms with Crippen LogP contribution >= 0.6 is 0 Å². The molecular formula is C21H21F3N2O2. The molecule has 0 spiro atoms. The number of hydrogen-bond donors (Lipinski definition) is 2. The molecule has 2 N–H and O–H groups in total. The molecule has 148 valence electrons. The number of para-hydroxylation sites is 1. The summed E-state index contributed by atoms with van der Waals surface area (Å²) in [6.45, 7) is 0.0693. The highest BCUT2D eigenvalue weighted by molar-refractivity contribution is 5.84. The molecule has 28 heavy (non-hydrogen) atoms. The number of nitrogens with one attached hydrogen (secondary N) is 1. The van der Waals surface area contributed by atoms with Crippen molar-refractivity contribution >= 4 is 16.8 Å². The molecule has 4 nitrogen and oxygen atoms in total. The molecule has 0 radical (unpaired) electrons. The molecule has 7 heteroatoms. The van der Waals surface area contributed by atoms with E-state index in [0.717, 1.165) is 28.6 Å². The number of carbonyl (C=O) groups is 1. The molecule has 0 aliphatic heterocycles. The Labute approximate surface area is 160 Å². The van der Waals surface area contributed by atoms with E-state index >= 15 is 0 Å². The average molecular weight is 390 g/mol. The Hall–Kier alpha value is -2.80. The van der Waals surface area contributed by atoms with E-state index in [-0.39, 0.29) is 18.9 Å². The van der Waals surface area contributed by atoms with Gasteiger partial charge < -0.3 is 15.0 Å². The van der Waals surface area contributed by atoms with E-state index in [1.165, 1.54) is 12.1 Å². The largest absolute Gasteiger partial charge is 0.416 e. The molecule has 3 aromatic rings. The number of alkyl halides is 3. The van der Waals surface area contributed by atoms with Crippen LogP contribution in [-0.2, 0) is 24.4 Å². The highest BCUT2D eigenvalue weighted by atomic mass is 19.4. The van der Waals surface area contributed by atoms with Crippen molar-refractivity contribution in [3.8, 4) is 0 Å². The van der Waals surface area contributed by atoms with Gasteiger partial charge in [0.1, 0.15) is 0 Å². The minimum absolute atomic E-state index is 0.0693. The van der Waals surface area contributed by atoms with Crippen molar-refractivity contribution in [2.75, 3.05) is 6.54 Å². The van der Waals surface area contributed by atoms with Crippen molar-refractivity contribution in [3.63, 3.8) is 0 Å². The topological polar surface area (TPSA) is 54.3 Å². The van der Waals surface area contributed by atoms with E-state index < -0.39 is 17.8 Å². The van der Waals surface area contributed by atoms with Gasteiger partial charge in [0.05, 0.1) is 11.7 Å². The fraction of sp³-hybridized carbons (Fsp3) is 0.286. The quantitative estimate of drug-likeness (QED) is 0.669. The van der Waals surface area contributed by atoms with Crippen molar-refractivity contribution < 1.29 is 23.1 Å². The van der Waals surface area contributed by atoms with E-state index in [0.29, 0.717) is 12.0 Å². The van der Waals surface area contributed by atoms with Crippen LogP contribution in [0.5, 0.6) is 0 Å². The van der Waals surface area contributed by atoms with E-state index in [4.69, 9.17) is 0 Å². The molecule has 2 aromatic carbocycles. The number of benzene rings is 2. The fourth-order valence-electron chi connectivity index (χ4n) is 3.17. The first-order valence-corrected chi connectivity index (χ1v) is 8.90. The number of carbonyl (C=O) groups excluding carboxylic acids is 1. The van der Waals surface area contributed by atoms with Gasteiger partial charge >= 0.3 is 6.18 Å². The first-order valence-electron chi connectivity index (χ1n) is 8.90. The van der Waals surface area contributed by atoms with Gasteiger partial charge in [-0.2, -0.15) is 13.2 Å². The molecule has 1 amide bonds. The number of halogens is 3. The Morgan fingerprint density at radius 3 is 2.50 bits per heavy atom. The minimum Gasteiger partial charge on any atom is -0.386 e. The highest BCUT2D eigenvalue weighted by Crippen LogP contribution is 2.29. The summed E-state index contributed by atoms with van der Waals surface area (Å²) in [6.07, 6.45) is -2.92. The number of amides is 1. The van der Waals surface area contributed by atoms with Crippen LogP contribution in [0.1, 0.15) is 29.2 Å². The second-order valence-corrected chi connectivity index (χ2v) is 6.73. The summed E-state index contributed by atoms with van der Waals surface area (Å²) in [6, 6.07) is 12.5. The summed E-state index contributed by atoms with van der Waals surface area (Å²) in [5.41, 5.74) is 1.67. The Bertz CT molecular complexity index is 962. The van der Waals surface area contributed by atoms with Gasteiger partial charge in [0.2, 0.25) is 5.91 Å². The van der Waals surface area contributed by atoms with E-state index in [9.17, 15) is 23.1 Å². The minimum atomic E-state index is -4.37. The lowest BCUT2D eigenvalue weighted by Gasteiger charge is -2.12. The van der Waals surface area contributed by atoms with Crippen LogP contribution in [0.4, 0.5) is 13.2 Å². The molecule has 3 rings (SSSR count). The smallest absolute Gasteiger partial charge is 0.386 e. The van der Waals surface area contributed by atoms with Crippen LogP contribution in [0.15, 0.2) is 54.7 Å². The maximum absolute atomic E-state index is 12.6. The Kier molecular flexibility index (Phi) is 5.74. The third kappa shape index (κ3) is 4.54. The summed E-state index contributed by atoms with van der Waals surface area (Å²) in [5.74, 6) is -0.265. The zero-order valence-electron chi connectivity index (χ0n) is 15.3. The van der Waals surface area contributed by atoms with Gasteiger partial charge in [-0.25, -0.2) is 0 Å². The molecule has 0 fully saturated rings. The molecule has 1 unspecified atom stereocenters. The number of rotatable bonds is 6. The Morgan fingerprint density at radius 2 is 1.82 bits per heavy atom. The van der Waals surface area contributed by atoms with Crippen molar-refractivity contribution in [2.45, 2.75) is 25.1 Å². The number of aromatic nitrogens is 1. The lowest BCUT2D eigenvalue weighted by atomic mass is 10.1. The van der Waals surface area contributed by atoms with Crippen LogP contribution < -0.4 is 5.32 Å². The molecule has 0 aliphatic carbocycles. The maximum atomic E-state index is 12.6. The zero-order chi connectivity index (χ0) is 20.3. The summed E-state index contributed by atoms with van der Waals surface area (Å²) in [7, 11) is 1.89. The Morgan fingerprint density at radius 1 is 1.14 bits per heavy atom. The molecule has 1 atom stereocenters. The van der Waals surface area contributed by atoms with Crippen LogP contribution in [0.2, 0.25) is 0 Å². The number of aryl methyl sites for hydroxylation is 2. The molecular weight excluding hydrogens is 369 g/mol. The Balaban J connectivity index is 1.52. The molecule has 1 heterocycles. The van der Waals surface area contributed by atoms with Gasteiger partial charge in [0.15, 0.2) is 0 Å². The molecule has 0 bridgehead atoms. The molecule has 1 aromatic heterocycles.